The van der Waals surface area contributed by atoms with Crippen LogP contribution in [0.2, 0.25) is 5.02 Å². The molecule has 1 aliphatic heterocycles. The Hall–Kier alpha value is -4.08. The molecule has 0 saturated carbocycles. The van der Waals surface area contributed by atoms with Gasteiger partial charge < -0.3 is 30.5 Å². The van der Waals surface area contributed by atoms with Gasteiger partial charge in [0, 0.05) is 29.6 Å². The number of aromatic nitrogens is 2. The second kappa shape index (κ2) is 12.2. The first-order chi connectivity index (χ1) is 19.9. The number of halogens is 1. The summed E-state index contributed by atoms with van der Waals surface area (Å²) in [5.74, 6) is 1.87. The topological polar surface area (TPSA) is 123 Å². The van der Waals surface area contributed by atoms with Crippen LogP contribution < -0.4 is 25.4 Å². The van der Waals surface area contributed by atoms with Crippen LogP contribution in [-0.4, -0.2) is 54.9 Å². The quantitative estimate of drug-likeness (QED) is 0.265. The molecule has 0 unspecified atom stereocenters. The Morgan fingerprint density at radius 3 is 2.34 bits per heavy atom. The fourth-order valence-corrected chi connectivity index (χ4v) is 5.58. The Morgan fingerprint density at radius 1 is 1.05 bits per heavy atom. The highest BCUT2D eigenvalue weighted by Gasteiger charge is 2.42. The van der Waals surface area contributed by atoms with Gasteiger partial charge in [-0.1, -0.05) is 54.1 Å². The van der Waals surface area contributed by atoms with E-state index in [-0.39, 0.29) is 12.5 Å². The number of nitrogens with one attached hydrogen (secondary N) is 1. The molecule has 0 aliphatic carbocycles. The van der Waals surface area contributed by atoms with E-state index in [1.165, 1.54) is 0 Å². The molecule has 2 heterocycles. The number of nitrogens with zero attached hydrogens (tertiary/aromatic N) is 3. The minimum Gasteiger partial charge on any atom is -0.493 e. The monoisotopic (exact) mass is 575 g/mol. The predicted octanol–water partition coefficient (Wildman–Crippen LogP) is 4.56. The molecule has 1 saturated heterocycles. The third-order valence-corrected chi connectivity index (χ3v) is 8.10. The van der Waals surface area contributed by atoms with Crippen molar-refractivity contribution in [3.05, 3.63) is 82.9 Å². The number of anilines is 2. The maximum absolute atomic E-state index is 14.0. The average Bonchev–Trinajstić information content (AvgIpc) is 3.00. The van der Waals surface area contributed by atoms with Crippen molar-refractivity contribution in [3.8, 4) is 11.5 Å². The number of rotatable bonds is 9. The Balaban J connectivity index is 1.40. The molecule has 1 amide bonds. The molecule has 0 spiro atoms. The highest BCUT2D eigenvalue weighted by atomic mass is 35.5. The second-order valence-corrected chi connectivity index (χ2v) is 10.8. The van der Waals surface area contributed by atoms with Gasteiger partial charge in [-0.15, -0.1) is 0 Å². The summed E-state index contributed by atoms with van der Waals surface area (Å²) < 4.78 is 10.9. The number of aliphatic hydroxyl groups excluding tert-OH is 1. The second-order valence-electron chi connectivity index (χ2n) is 10.3. The van der Waals surface area contributed by atoms with E-state index in [0.29, 0.717) is 71.5 Å². The van der Waals surface area contributed by atoms with Crippen LogP contribution >= 0.6 is 11.6 Å². The number of nitrogens with two attached hydrogens (primary N) is 1. The number of aliphatic hydroxyl groups is 1. The number of benzene rings is 3. The smallest absolute Gasteiger partial charge is 0.227 e. The van der Waals surface area contributed by atoms with Gasteiger partial charge in [0.2, 0.25) is 11.9 Å². The molecule has 3 aromatic carbocycles. The van der Waals surface area contributed by atoms with Crippen LogP contribution in [0.5, 0.6) is 11.5 Å². The molecule has 1 aliphatic rings. The minimum absolute atomic E-state index is 0.0919. The maximum atomic E-state index is 14.0. The normalized spacial score (nSPS) is 15.4. The minimum atomic E-state index is -0.684. The van der Waals surface area contributed by atoms with Gasteiger partial charge in [0.05, 0.1) is 37.8 Å². The van der Waals surface area contributed by atoms with Gasteiger partial charge in [-0.2, -0.15) is 4.98 Å². The van der Waals surface area contributed by atoms with E-state index in [9.17, 15) is 9.90 Å². The summed E-state index contributed by atoms with van der Waals surface area (Å²) in [6.45, 7) is 0.895. The fraction of sp³-hybridized carbons (Fsp3) is 0.323. The molecule has 0 bridgehead atoms. The number of amides is 1. The number of piperidine rings is 1. The van der Waals surface area contributed by atoms with E-state index < -0.39 is 11.5 Å². The van der Waals surface area contributed by atoms with Crippen molar-refractivity contribution < 1.29 is 19.4 Å². The molecular weight excluding hydrogens is 542 g/mol. The zero-order valence-electron chi connectivity index (χ0n) is 23.1. The molecule has 4 N–H and O–H groups in total. The Labute approximate surface area is 244 Å². The Kier molecular flexibility index (Phi) is 8.46. The van der Waals surface area contributed by atoms with Crippen molar-refractivity contribution in [2.45, 2.75) is 25.3 Å². The van der Waals surface area contributed by atoms with E-state index >= 15 is 0 Å². The number of ether oxygens (including phenoxy) is 2. The molecule has 10 heteroatoms. The van der Waals surface area contributed by atoms with Crippen LogP contribution in [0.3, 0.4) is 0 Å². The number of hydrogen-bond acceptors (Lipinski definition) is 8. The molecule has 1 aromatic heterocycles. The summed E-state index contributed by atoms with van der Waals surface area (Å²) in [5.41, 5.74) is 8.19. The first-order valence-electron chi connectivity index (χ1n) is 13.5. The first-order valence-corrected chi connectivity index (χ1v) is 13.9. The van der Waals surface area contributed by atoms with Crippen LogP contribution in [0.4, 0.5) is 11.8 Å². The van der Waals surface area contributed by atoms with Crippen LogP contribution in [-0.2, 0) is 11.2 Å². The van der Waals surface area contributed by atoms with E-state index in [1.54, 1.807) is 38.5 Å². The molecule has 1 fully saturated rings. The van der Waals surface area contributed by atoms with Crippen LogP contribution in [0.1, 0.15) is 30.0 Å². The standard InChI is InChI=1S/C31H34ClN5O4/c1-40-26-16-23-24(17-27(26)41-2)35-30(36-28(23)33)37-14-12-31(13-15-37,18-20-6-4-3-5-7-20)29(39)34-25(19-38)21-8-10-22(32)11-9-21/h3-11,16-17,25,38H,12-15,18-19H2,1-2H3,(H,34,39)(H2,33,35,36)/t25-/m0/s1. The molecule has 41 heavy (non-hydrogen) atoms. The number of carbonyl (C=O) groups excluding carboxylic acids is 1. The van der Waals surface area contributed by atoms with Gasteiger partial charge >= 0.3 is 0 Å². The Bertz CT molecular complexity index is 1510. The van der Waals surface area contributed by atoms with Crippen LogP contribution in [0, 0.1) is 5.41 Å². The molecular formula is C31H34ClN5O4. The lowest BCUT2D eigenvalue weighted by Gasteiger charge is -2.41. The van der Waals surface area contributed by atoms with E-state index in [4.69, 9.17) is 31.8 Å². The number of fused-ring (bicyclic) bond motifs is 1. The summed E-state index contributed by atoms with van der Waals surface area (Å²) in [4.78, 5) is 25.4. The summed E-state index contributed by atoms with van der Waals surface area (Å²) >= 11 is 6.05. The summed E-state index contributed by atoms with van der Waals surface area (Å²) in [7, 11) is 3.14. The van der Waals surface area contributed by atoms with E-state index in [2.05, 4.69) is 15.2 Å². The predicted molar refractivity (Wildman–Crippen MR) is 161 cm³/mol. The average molecular weight is 576 g/mol. The van der Waals surface area contributed by atoms with Crippen LogP contribution in [0.25, 0.3) is 10.9 Å². The van der Waals surface area contributed by atoms with E-state index in [0.717, 1.165) is 11.1 Å². The van der Waals surface area contributed by atoms with Crippen molar-refractivity contribution in [1.29, 1.82) is 0 Å². The van der Waals surface area contributed by atoms with Crippen molar-refractivity contribution >= 4 is 40.2 Å². The first kappa shape index (κ1) is 28.4. The zero-order valence-corrected chi connectivity index (χ0v) is 23.9. The van der Waals surface area contributed by atoms with Crippen LogP contribution in [0.15, 0.2) is 66.7 Å². The van der Waals surface area contributed by atoms with Crippen molar-refractivity contribution in [3.63, 3.8) is 0 Å². The Morgan fingerprint density at radius 2 is 1.71 bits per heavy atom. The van der Waals surface area contributed by atoms with Crippen molar-refractivity contribution in [2.75, 3.05) is 44.5 Å². The number of methoxy groups -OCH3 is 2. The number of hydrogen-bond donors (Lipinski definition) is 3. The molecule has 4 aromatic rings. The SMILES string of the molecule is COc1cc2nc(N3CCC(Cc4ccccc4)(C(=O)N[C@@H](CO)c4ccc(Cl)cc4)CC3)nc(N)c2cc1OC. The van der Waals surface area contributed by atoms with Gasteiger partial charge in [-0.3, -0.25) is 4.79 Å². The highest BCUT2D eigenvalue weighted by Crippen LogP contribution is 2.39. The third kappa shape index (κ3) is 6.01. The maximum Gasteiger partial charge on any atom is 0.227 e. The summed E-state index contributed by atoms with van der Waals surface area (Å²) in [6.07, 6.45) is 1.71. The fourth-order valence-electron chi connectivity index (χ4n) is 5.45. The molecule has 0 radical (unpaired) electrons. The molecule has 5 rings (SSSR count). The van der Waals surface area contributed by atoms with Gasteiger partial charge in [-0.05, 0) is 48.6 Å². The van der Waals surface area contributed by atoms with Crippen molar-refractivity contribution in [1.82, 2.24) is 15.3 Å². The van der Waals surface area contributed by atoms with Gasteiger partial charge in [0.1, 0.15) is 5.82 Å². The van der Waals surface area contributed by atoms with Gasteiger partial charge in [-0.25, -0.2) is 4.98 Å². The number of carbonyl (C=O) groups is 1. The van der Waals surface area contributed by atoms with Gasteiger partial charge in [0.25, 0.3) is 0 Å². The summed E-state index contributed by atoms with van der Waals surface area (Å²) in [6, 6.07) is 20.2. The number of nitrogen functional groups attached to an aromatic ring is 1. The lowest BCUT2D eigenvalue weighted by atomic mass is 9.72. The zero-order chi connectivity index (χ0) is 29.0. The molecule has 9 nitrogen and oxygen atoms in total. The lowest BCUT2D eigenvalue weighted by molar-refractivity contribution is -0.133. The highest BCUT2D eigenvalue weighted by molar-refractivity contribution is 6.30. The third-order valence-electron chi connectivity index (χ3n) is 7.85. The summed E-state index contributed by atoms with van der Waals surface area (Å²) in [5, 5.41) is 14.5. The van der Waals surface area contributed by atoms with Crippen molar-refractivity contribution in [2.24, 2.45) is 5.41 Å². The molecule has 1 atom stereocenters. The van der Waals surface area contributed by atoms with Gasteiger partial charge in [0.15, 0.2) is 11.5 Å². The molecule has 214 valence electrons. The largest absolute Gasteiger partial charge is 0.493 e. The van der Waals surface area contributed by atoms with E-state index in [1.807, 2.05) is 42.5 Å². The lowest BCUT2D eigenvalue weighted by Crippen LogP contribution is -2.51.